The van der Waals surface area contributed by atoms with Crippen LogP contribution in [0.1, 0.15) is 5.56 Å². The zero-order valence-corrected chi connectivity index (χ0v) is 10.6. The second-order valence-corrected chi connectivity index (χ2v) is 4.41. The molecule has 0 aliphatic rings. The van der Waals surface area contributed by atoms with Crippen LogP contribution in [-0.2, 0) is 6.54 Å². The number of nitrogens with zero attached hydrogens (tertiary/aromatic N) is 1. The summed E-state index contributed by atoms with van der Waals surface area (Å²) in [5.74, 6) is 0. The number of hydrogen-bond donors (Lipinski definition) is 3. The van der Waals surface area contributed by atoms with E-state index in [1.807, 2.05) is 0 Å². The van der Waals surface area contributed by atoms with Gasteiger partial charge < -0.3 is 15.5 Å². The third-order valence-electron chi connectivity index (χ3n) is 2.14. The maximum atomic E-state index is 10.8. The number of rotatable bonds is 6. The highest BCUT2D eigenvalue weighted by Gasteiger charge is 2.13. The zero-order valence-electron chi connectivity index (χ0n) is 8.97. The molecule has 0 radical (unpaired) electrons. The van der Waals surface area contributed by atoms with Gasteiger partial charge in [0.25, 0.3) is 5.69 Å². The number of nitro groups is 1. The molecule has 1 aromatic carbocycles. The highest BCUT2D eigenvalue weighted by Crippen LogP contribution is 2.22. The van der Waals surface area contributed by atoms with E-state index in [2.05, 4.69) is 21.2 Å². The number of aliphatic hydroxyl groups excluding tert-OH is 2. The van der Waals surface area contributed by atoms with E-state index in [0.717, 1.165) is 4.47 Å². The molecule has 0 heterocycles. The summed E-state index contributed by atoms with van der Waals surface area (Å²) in [7, 11) is 0. The molecule has 0 spiro atoms. The smallest absolute Gasteiger partial charge is 0.273 e. The van der Waals surface area contributed by atoms with E-state index < -0.39 is 11.0 Å². The van der Waals surface area contributed by atoms with E-state index in [-0.39, 0.29) is 25.4 Å². The standard InChI is InChI=1S/C10H13BrN2O4/c11-8-1-2-10(13(16)17)7(3-8)4-12-5-9(15)6-14/h1-3,9,12,14-15H,4-6H2. The van der Waals surface area contributed by atoms with Gasteiger partial charge in [0.1, 0.15) is 0 Å². The molecule has 0 aromatic heterocycles. The van der Waals surface area contributed by atoms with Crippen molar-refractivity contribution < 1.29 is 15.1 Å². The predicted octanol–water partition coefficient (Wildman–Crippen LogP) is 0.800. The van der Waals surface area contributed by atoms with Crippen LogP contribution in [0.25, 0.3) is 0 Å². The normalized spacial score (nSPS) is 12.4. The van der Waals surface area contributed by atoms with Gasteiger partial charge in [-0.15, -0.1) is 0 Å². The van der Waals surface area contributed by atoms with Crippen molar-refractivity contribution in [2.45, 2.75) is 12.6 Å². The highest BCUT2D eigenvalue weighted by atomic mass is 79.9. The van der Waals surface area contributed by atoms with E-state index in [1.165, 1.54) is 6.07 Å². The van der Waals surface area contributed by atoms with Crippen LogP contribution in [-0.4, -0.2) is 34.4 Å². The monoisotopic (exact) mass is 304 g/mol. The highest BCUT2D eigenvalue weighted by molar-refractivity contribution is 9.10. The number of halogens is 1. The fraction of sp³-hybridized carbons (Fsp3) is 0.400. The zero-order chi connectivity index (χ0) is 12.8. The van der Waals surface area contributed by atoms with Crippen LogP contribution >= 0.6 is 15.9 Å². The molecule has 3 N–H and O–H groups in total. The molecule has 0 bridgehead atoms. The summed E-state index contributed by atoms with van der Waals surface area (Å²) in [6.07, 6.45) is -0.860. The lowest BCUT2D eigenvalue weighted by Crippen LogP contribution is -2.29. The Kier molecular flexibility index (Phi) is 5.49. The Morgan fingerprint density at radius 2 is 2.24 bits per heavy atom. The number of benzene rings is 1. The van der Waals surface area contributed by atoms with Gasteiger partial charge in [-0.1, -0.05) is 15.9 Å². The van der Waals surface area contributed by atoms with Crippen LogP contribution in [0.2, 0.25) is 0 Å². The van der Waals surface area contributed by atoms with Gasteiger partial charge in [-0.05, 0) is 12.1 Å². The Balaban J connectivity index is 2.68. The van der Waals surface area contributed by atoms with Crippen LogP contribution in [0.15, 0.2) is 22.7 Å². The minimum absolute atomic E-state index is 0.0270. The van der Waals surface area contributed by atoms with Crippen molar-refractivity contribution in [3.63, 3.8) is 0 Å². The number of aliphatic hydroxyl groups is 2. The summed E-state index contributed by atoms with van der Waals surface area (Å²) in [6.45, 7) is 0.0978. The third-order valence-corrected chi connectivity index (χ3v) is 2.64. The van der Waals surface area contributed by atoms with Crippen molar-refractivity contribution in [2.24, 2.45) is 0 Å². The molecule has 1 atom stereocenters. The Morgan fingerprint density at radius 3 is 2.82 bits per heavy atom. The van der Waals surface area contributed by atoms with Gasteiger partial charge in [-0.3, -0.25) is 10.1 Å². The van der Waals surface area contributed by atoms with Crippen LogP contribution in [0.5, 0.6) is 0 Å². The van der Waals surface area contributed by atoms with E-state index in [9.17, 15) is 10.1 Å². The second kappa shape index (κ2) is 6.65. The Labute approximate surface area is 107 Å². The first-order valence-electron chi connectivity index (χ1n) is 4.97. The van der Waals surface area contributed by atoms with Gasteiger partial charge in [0.05, 0.1) is 17.6 Å². The summed E-state index contributed by atoms with van der Waals surface area (Å²) in [5, 5.41) is 31.3. The van der Waals surface area contributed by atoms with Crippen molar-refractivity contribution in [1.29, 1.82) is 0 Å². The maximum Gasteiger partial charge on any atom is 0.273 e. The molecule has 7 heteroatoms. The number of hydrogen-bond acceptors (Lipinski definition) is 5. The Morgan fingerprint density at radius 1 is 1.53 bits per heavy atom. The predicted molar refractivity (Wildman–Crippen MR) is 65.6 cm³/mol. The van der Waals surface area contributed by atoms with Crippen LogP contribution in [0.3, 0.4) is 0 Å². The SMILES string of the molecule is O=[N+]([O-])c1ccc(Br)cc1CNCC(O)CO. The largest absolute Gasteiger partial charge is 0.394 e. The first kappa shape index (κ1) is 14.0. The van der Waals surface area contributed by atoms with Gasteiger partial charge in [-0.25, -0.2) is 0 Å². The molecule has 0 saturated carbocycles. The van der Waals surface area contributed by atoms with E-state index in [4.69, 9.17) is 10.2 Å². The molecule has 0 fully saturated rings. The molecule has 17 heavy (non-hydrogen) atoms. The molecule has 94 valence electrons. The first-order chi connectivity index (χ1) is 8.04. The molecule has 6 nitrogen and oxygen atoms in total. The summed E-state index contributed by atoms with van der Waals surface area (Å²) in [5.41, 5.74) is 0.550. The summed E-state index contributed by atoms with van der Waals surface area (Å²) < 4.78 is 0.752. The molecule has 1 unspecified atom stereocenters. The maximum absolute atomic E-state index is 10.8. The van der Waals surface area contributed by atoms with Gasteiger partial charge >= 0.3 is 0 Å². The lowest BCUT2D eigenvalue weighted by Gasteiger charge is -2.09. The molecule has 0 saturated heterocycles. The average Bonchev–Trinajstić information content (AvgIpc) is 2.28. The lowest BCUT2D eigenvalue weighted by molar-refractivity contribution is -0.385. The van der Waals surface area contributed by atoms with Crippen LogP contribution in [0.4, 0.5) is 5.69 Å². The molecule has 1 rings (SSSR count). The molecular weight excluding hydrogens is 292 g/mol. The molecule has 1 aromatic rings. The van der Waals surface area contributed by atoms with E-state index in [1.54, 1.807) is 12.1 Å². The fourth-order valence-corrected chi connectivity index (χ4v) is 1.72. The summed E-state index contributed by atoms with van der Waals surface area (Å²) in [6, 6.07) is 4.67. The van der Waals surface area contributed by atoms with E-state index >= 15 is 0 Å². The lowest BCUT2D eigenvalue weighted by atomic mass is 10.2. The average molecular weight is 305 g/mol. The summed E-state index contributed by atoms with van der Waals surface area (Å²) in [4.78, 5) is 10.3. The molecular formula is C10H13BrN2O4. The molecule has 0 amide bonds. The minimum atomic E-state index is -0.860. The van der Waals surface area contributed by atoms with Crippen molar-refractivity contribution in [3.8, 4) is 0 Å². The molecule has 0 aliphatic carbocycles. The Hall–Kier alpha value is -1.02. The number of nitro benzene ring substituents is 1. The van der Waals surface area contributed by atoms with Crippen molar-refractivity contribution in [2.75, 3.05) is 13.2 Å². The minimum Gasteiger partial charge on any atom is -0.394 e. The van der Waals surface area contributed by atoms with Crippen LogP contribution in [0, 0.1) is 10.1 Å². The fourth-order valence-electron chi connectivity index (χ4n) is 1.31. The second-order valence-electron chi connectivity index (χ2n) is 3.50. The quantitative estimate of drug-likeness (QED) is 0.534. The van der Waals surface area contributed by atoms with Crippen molar-refractivity contribution in [1.82, 2.24) is 5.32 Å². The topological polar surface area (TPSA) is 95.6 Å². The third kappa shape index (κ3) is 4.39. The van der Waals surface area contributed by atoms with Gasteiger partial charge in [0.2, 0.25) is 0 Å². The summed E-state index contributed by atoms with van der Waals surface area (Å²) >= 11 is 3.24. The van der Waals surface area contributed by atoms with Crippen LogP contribution < -0.4 is 5.32 Å². The molecule has 0 aliphatic heterocycles. The van der Waals surface area contributed by atoms with E-state index in [0.29, 0.717) is 5.56 Å². The van der Waals surface area contributed by atoms with Gasteiger partial charge in [0, 0.05) is 29.2 Å². The van der Waals surface area contributed by atoms with Gasteiger partial charge in [-0.2, -0.15) is 0 Å². The first-order valence-corrected chi connectivity index (χ1v) is 5.76. The Bertz CT molecular complexity index is 400. The van der Waals surface area contributed by atoms with Gasteiger partial charge in [0.15, 0.2) is 0 Å². The number of nitrogens with one attached hydrogen (secondary N) is 1. The van der Waals surface area contributed by atoms with Crippen molar-refractivity contribution >= 4 is 21.6 Å². The van der Waals surface area contributed by atoms with Crippen molar-refractivity contribution in [3.05, 3.63) is 38.3 Å².